The van der Waals surface area contributed by atoms with E-state index in [4.69, 9.17) is 0 Å². The van der Waals surface area contributed by atoms with E-state index in [-0.39, 0.29) is 12.5 Å². The van der Waals surface area contributed by atoms with E-state index in [0.717, 1.165) is 26.7 Å². The van der Waals surface area contributed by atoms with Gasteiger partial charge in [-0.05, 0) is 31.4 Å². The van der Waals surface area contributed by atoms with E-state index >= 15 is 0 Å². The third-order valence-electron chi connectivity index (χ3n) is 5.53. The second-order valence-electron chi connectivity index (χ2n) is 7.86. The van der Waals surface area contributed by atoms with Gasteiger partial charge in [-0.2, -0.15) is 0 Å². The Morgan fingerprint density at radius 1 is 1.12 bits per heavy atom. The van der Waals surface area contributed by atoms with Crippen LogP contribution in [0.2, 0.25) is 0 Å². The fourth-order valence-electron chi connectivity index (χ4n) is 3.69. The number of hydrogen-bond acceptors (Lipinski definition) is 5. The largest absolute Gasteiger partial charge is 0.354 e. The Bertz CT molecular complexity index is 1140. The van der Waals surface area contributed by atoms with Gasteiger partial charge in [0, 0.05) is 17.5 Å². The zero-order chi connectivity index (χ0) is 22.7. The zero-order valence-corrected chi connectivity index (χ0v) is 18.7. The average molecular weight is 449 g/mol. The fourth-order valence-corrected chi connectivity index (χ4v) is 4.31. The van der Waals surface area contributed by atoms with Crippen LogP contribution in [-0.2, 0) is 21.5 Å². The summed E-state index contributed by atoms with van der Waals surface area (Å²) in [7, 11) is 0. The predicted octanol–water partition coefficient (Wildman–Crippen LogP) is 3.24. The third kappa shape index (κ3) is 4.40. The molecule has 1 aliphatic rings. The zero-order valence-electron chi connectivity index (χ0n) is 17.9. The van der Waals surface area contributed by atoms with Gasteiger partial charge in [0.2, 0.25) is 5.91 Å². The normalized spacial score (nSPS) is 18.0. The molecule has 4 amide bonds. The maximum absolute atomic E-state index is 12.9. The van der Waals surface area contributed by atoms with Gasteiger partial charge in [-0.1, -0.05) is 54.6 Å². The van der Waals surface area contributed by atoms with E-state index in [9.17, 15) is 14.4 Å². The minimum absolute atomic E-state index is 0.310. The van der Waals surface area contributed by atoms with Crippen LogP contribution in [0.25, 0.3) is 11.3 Å². The molecule has 2 N–H and O–H groups in total. The van der Waals surface area contributed by atoms with Crippen molar-refractivity contribution in [3.63, 3.8) is 0 Å². The Hall–Kier alpha value is -3.52. The van der Waals surface area contributed by atoms with Crippen molar-refractivity contribution in [1.29, 1.82) is 0 Å². The van der Waals surface area contributed by atoms with Gasteiger partial charge in [0.25, 0.3) is 5.91 Å². The van der Waals surface area contributed by atoms with Crippen LogP contribution < -0.4 is 10.6 Å². The number of aromatic nitrogens is 1. The molecule has 1 aliphatic heterocycles. The topological polar surface area (TPSA) is 91.4 Å². The van der Waals surface area contributed by atoms with Crippen LogP contribution in [0.15, 0.2) is 60.0 Å². The summed E-state index contributed by atoms with van der Waals surface area (Å²) in [6.07, 6.45) is 0.643. The van der Waals surface area contributed by atoms with Crippen LogP contribution in [0.3, 0.4) is 0 Å². The Labute approximate surface area is 190 Å². The number of imide groups is 1. The first kappa shape index (κ1) is 21.7. The molecule has 8 heteroatoms. The van der Waals surface area contributed by atoms with E-state index in [1.165, 1.54) is 0 Å². The molecule has 2 heterocycles. The lowest BCUT2D eigenvalue weighted by molar-refractivity contribution is -0.134. The Balaban J connectivity index is 1.29. The maximum Gasteiger partial charge on any atom is 0.325 e. The highest BCUT2D eigenvalue weighted by Gasteiger charge is 2.49. The lowest BCUT2D eigenvalue weighted by atomic mass is 9.92. The fraction of sp³-hybridized carbons (Fsp3) is 0.250. The Morgan fingerprint density at radius 2 is 1.84 bits per heavy atom. The molecule has 0 spiro atoms. The lowest BCUT2D eigenvalue weighted by Gasteiger charge is -2.22. The smallest absolute Gasteiger partial charge is 0.325 e. The number of urea groups is 1. The number of nitrogens with one attached hydrogen (secondary N) is 2. The van der Waals surface area contributed by atoms with Crippen molar-refractivity contribution in [3.8, 4) is 11.3 Å². The van der Waals surface area contributed by atoms with E-state index in [0.29, 0.717) is 18.5 Å². The number of carbonyl (C=O) groups excluding carboxylic acids is 3. The standard InChI is InChI=1S/C24H24N4O3S/c1-16-26-20(15-32-16)18-10-8-17(9-11-18)12-13-25-21(29)14-28-22(30)24(2,27-23(28)31)19-6-4-3-5-7-19/h3-11,15H,12-14H2,1-2H3,(H,25,29)(H,27,31). The second kappa shape index (κ2) is 8.92. The molecule has 0 bridgehead atoms. The number of thiazole rings is 1. The van der Waals surface area contributed by atoms with Crippen molar-refractivity contribution in [2.75, 3.05) is 13.1 Å². The summed E-state index contributed by atoms with van der Waals surface area (Å²) >= 11 is 1.62. The first-order valence-corrected chi connectivity index (χ1v) is 11.2. The summed E-state index contributed by atoms with van der Waals surface area (Å²) in [6.45, 7) is 3.73. The van der Waals surface area contributed by atoms with E-state index < -0.39 is 17.5 Å². The van der Waals surface area contributed by atoms with Gasteiger partial charge >= 0.3 is 6.03 Å². The molecule has 0 saturated carbocycles. The highest BCUT2D eigenvalue weighted by molar-refractivity contribution is 7.09. The molecule has 4 rings (SSSR count). The number of hydrogen-bond donors (Lipinski definition) is 2. The van der Waals surface area contributed by atoms with E-state index in [1.54, 1.807) is 42.5 Å². The van der Waals surface area contributed by atoms with Crippen molar-refractivity contribution < 1.29 is 14.4 Å². The number of amides is 4. The molecular weight excluding hydrogens is 424 g/mol. The molecule has 32 heavy (non-hydrogen) atoms. The lowest BCUT2D eigenvalue weighted by Crippen LogP contribution is -2.43. The molecule has 3 aromatic rings. The van der Waals surface area contributed by atoms with Crippen LogP contribution in [0.1, 0.15) is 23.1 Å². The van der Waals surface area contributed by atoms with Crippen LogP contribution in [0.5, 0.6) is 0 Å². The molecule has 1 atom stereocenters. The van der Waals surface area contributed by atoms with Gasteiger partial charge in [0.1, 0.15) is 12.1 Å². The minimum atomic E-state index is -1.17. The Kier molecular flexibility index (Phi) is 6.05. The number of carbonyl (C=O) groups is 3. The van der Waals surface area contributed by atoms with Crippen LogP contribution in [0, 0.1) is 6.92 Å². The minimum Gasteiger partial charge on any atom is -0.354 e. The van der Waals surface area contributed by atoms with Crippen molar-refractivity contribution in [2.24, 2.45) is 0 Å². The number of nitrogens with zero attached hydrogens (tertiary/aromatic N) is 2. The van der Waals surface area contributed by atoms with Crippen LogP contribution >= 0.6 is 11.3 Å². The summed E-state index contributed by atoms with van der Waals surface area (Å²) < 4.78 is 0. The molecule has 1 aromatic heterocycles. The van der Waals surface area contributed by atoms with Crippen LogP contribution in [-0.4, -0.2) is 40.8 Å². The second-order valence-corrected chi connectivity index (χ2v) is 8.92. The number of rotatable bonds is 7. The first-order chi connectivity index (χ1) is 15.4. The first-order valence-electron chi connectivity index (χ1n) is 10.3. The summed E-state index contributed by atoms with van der Waals surface area (Å²) in [4.78, 5) is 43.1. The van der Waals surface area contributed by atoms with E-state index in [2.05, 4.69) is 15.6 Å². The molecule has 0 aliphatic carbocycles. The van der Waals surface area contributed by atoms with Gasteiger partial charge in [-0.3, -0.25) is 14.5 Å². The monoisotopic (exact) mass is 448 g/mol. The van der Waals surface area contributed by atoms with Crippen molar-refractivity contribution >= 4 is 29.2 Å². The Morgan fingerprint density at radius 3 is 2.50 bits per heavy atom. The van der Waals surface area contributed by atoms with E-state index in [1.807, 2.05) is 42.6 Å². The molecule has 7 nitrogen and oxygen atoms in total. The number of benzene rings is 2. The van der Waals surface area contributed by atoms with Crippen molar-refractivity contribution in [3.05, 3.63) is 76.1 Å². The maximum atomic E-state index is 12.9. The summed E-state index contributed by atoms with van der Waals surface area (Å²) in [5.74, 6) is -0.808. The van der Waals surface area contributed by atoms with Gasteiger partial charge in [-0.25, -0.2) is 9.78 Å². The molecular formula is C24H24N4O3S. The van der Waals surface area contributed by atoms with Crippen LogP contribution in [0.4, 0.5) is 4.79 Å². The molecule has 164 valence electrons. The predicted molar refractivity (Wildman–Crippen MR) is 123 cm³/mol. The van der Waals surface area contributed by atoms with Crippen molar-refractivity contribution in [1.82, 2.24) is 20.5 Å². The SMILES string of the molecule is Cc1nc(-c2ccc(CCNC(=O)CN3C(=O)NC(C)(c4ccccc4)C3=O)cc2)cs1. The molecule has 2 aromatic carbocycles. The quantitative estimate of drug-likeness (QED) is 0.543. The highest BCUT2D eigenvalue weighted by Crippen LogP contribution is 2.28. The molecule has 1 fully saturated rings. The molecule has 0 radical (unpaired) electrons. The summed E-state index contributed by atoms with van der Waals surface area (Å²) in [5, 5.41) is 8.56. The summed E-state index contributed by atoms with van der Waals surface area (Å²) in [6, 6.07) is 16.5. The van der Waals surface area contributed by atoms with Gasteiger partial charge < -0.3 is 10.6 Å². The third-order valence-corrected chi connectivity index (χ3v) is 6.31. The molecule has 1 saturated heterocycles. The molecule has 1 unspecified atom stereocenters. The van der Waals surface area contributed by atoms with Crippen molar-refractivity contribution in [2.45, 2.75) is 25.8 Å². The van der Waals surface area contributed by atoms with Gasteiger partial charge in [-0.15, -0.1) is 11.3 Å². The van der Waals surface area contributed by atoms with Gasteiger partial charge in [0.15, 0.2) is 0 Å². The summed E-state index contributed by atoms with van der Waals surface area (Å²) in [5.41, 5.74) is 2.60. The number of aryl methyl sites for hydroxylation is 1. The highest BCUT2D eigenvalue weighted by atomic mass is 32.1. The average Bonchev–Trinajstić information content (AvgIpc) is 3.32. The van der Waals surface area contributed by atoms with Gasteiger partial charge in [0.05, 0.1) is 10.7 Å².